The number of sulfonamides is 1. The van der Waals surface area contributed by atoms with E-state index < -0.39 is 15.9 Å². The van der Waals surface area contributed by atoms with Crippen LogP contribution in [0.4, 0.5) is 5.69 Å². The number of hydrogen-bond acceptors (Lipinski definition) is 5. The normalized spacial score (nSPS) is 11.4. The lowest BCUT2D eigenvalue weighted by Crippen LogP contribution is -2.28. The maximum atomic E-state index is 13.4. The van der Waals surface area contributed by atoms with Gasteiger partial charge in [0.2, 0.25) is 0 Å². The second kappa shape index (κ2) is 12.0. The molecule has 0 aromatic heterocycles. The number of aryl methyl sites for hydroxylation is 2. The van der Waals surface area contributed by atoms with Crippen LogP contribution in [0.5, 0.6) is 0 Å². The van der Waals surface area contributed by atoms with E-state index in [1.807, 2.05) is 30.3 Å². The van der Waals surface area contributed by atoms with Crippen molar-refractivity contribution in [2.45, 2.75) is 25.2 Å². The number of hydroxylamine groups is 1. The second-order valence-electron chi connectivity index (χ2n) is 8.19. The van der Waals surface area contributed by atoms with Gasteiger partial charge in [-0.15, -0.1) is 0 Å². The van der Waals surface area contributed by atoms with Crippen molar-refractivity contribution in [3.8, 4) is 0 Å². The van der Waals surface area contributed by atoms with Crippen molar-refractivity contribution in [2.24, 2.45) is 0 Å². The molecule has 0 saturated carbocycles. The Morgan fingerprint density at radius 2 is 1.67 bits per heavy atom. The lowest BCUT2D eigenvalue weighted by atomic mass is 10.1. The Labute approximate surface area is 216 Å². The minimum Gasteiger partial charge on any atom is -0.297 e. The number of nitrogens with zero attached hydrogens (tertiary/aromatic N) is 1. The molecule has 7 nitrogen and oxygen atoms in total. The molecule has 0 aliphatic heterocycles. The highest BCUT2D eigenvalue weighted by Crippen LogP contribution is 2.30. The van der Waals surface area contributed by atoms with Crippen LogP contribution in [0.2, 0.25) is 5.02 Å². The van der Waals surface area contributed by atoms with Gasteiger partial charge in [-0.25, -0.2) is 13.9 Å². The van der Waals surface area contributed by atoms with Gasteiger partial charge in [0, 0.05) is 24.6 Å². The summed E-state index contributed by atoms with van der Waals surface area (Å²) in [6, 6.07) is 19.2. The quantitative estimate of drug-likeness (QED) is 0.306. The molecule has 9 heteroatoms. The predicted molar refractivity (Wildman–Crippen MR) is 141 cm³/mol. The highest BCUT2D eigenvalue weighted by molar-refractivity contribution is 7.92. The third-order valence-electron chi connectivity index (χ3n) is 5.43. The van der Waals surface area contributed by atoms with Gasteiger partial charge in [-0.3, -0.25) is 18.7 Å². The molecule has 0 saturated heterocycles. The van der Waals surface area contributed by atoms with Gasteiger partial charge < -0.3 is 0 Å². The van der Waals surface area contributed by atoms with Crippen LogP contribution in [0.1, 0.15) is 22.3 Å². The molecule has 3 aromatic carbocycles. The number of rotatable bonds is 10. The molecule has 0 radical (unpaired) electrons. The zero-order valence-electron chi connectivity index (χ0n) is 20.2. The van der Waals surface area contributed by atoms with Crippen LogP contribution < -0.4 is 9.79 Å². The summed E-state index contributed by atoms with van der Waals surface area (Å²) < 4.78 is 27.9. The molecule has 0 atom stereocenters. The van der Waals surface area contributed by atoms with Crippen molar-refractivity contribution in [1.82, 2.24) is 5.48 Å². The number of anilines is 1. The molecule has 0 bridgehead atoms. The summed E-state index contributed by atoms with van der Waals surface area (Å²) in [6.45, 7) is 3.16. The van der Waals surface area contributed by atoms with Crippen LogP contribution in [-0.2, 0) is 30.9 Å². The van der Waals surface area contributed by atoms with Crippen LogP contribution in [0.3, 0.4) is 0 Å². The number of carbonyl (C=O) groups is 2. The highest BCUT2D eigenvalue weighted by atomic mass is 35.5. The summed E-state index contributed by atoms with van der Waals surface area (Å²) in [7, 11) is -2.44. The van der Waals surface area contributed by atoms with Crippen molar-refractivity contribution in [1.29, 1.82) is 0 Å². The van der Waals surface area contributed by atoms with Gasteiger partial charge in [0.25, 0.3) is 15.9 Å². The number of Topliss-reactive ketones (excluding diaryl/α,β-unsaturated/α-hetero) is 1. The SMILES string of the molecule is Cc1cc(S(=O)(=O)N(C)c2ccccc2/C=C/C(=O)NOCC(=O)Cc2ccccc2)c(C)cc1Cl. The molecule has 1 amide bonds. The van der Waals surface area contributed by atoms with Crippen molar-refractivity contribution in [3.63, 3.8) is 0 Å². The zero-order valence-corrected chi connectivity index (χ0v) is 21.8. The van der Waals surface area contributed by atoms with Gasteiger partial charge in [0.15, 0.2) is 5.78 Å². The minimum atomic E-state index is -3.89. The first-order valence-electron chi connectivity index (χ1n) is 11.1. The highest BCUT2D eigenvalue weighted by Gasteiger charge is 2.25. The van der Waals surface area contributed by atoms with Gasteiger partial charge in [-0.2, -0.15) is 0 Å². The van der Waals surface area contributed by atoms with Crippen LogP contribution in [0.15, 0.2) is 77.7 Å². The molecule has 0 fully saturated rings. The topological polar surface area (TPSA) is 92.8 Å². The molecule has 0 aliphatic rings. The van der Waals surface area contributed by atoms with Gasteiger partial charge in [0.1, 0.15) is 6.61 Å². The fraction of sp³-hybridized carbons (Fsp3) is 0.185. The van der Waals surface area contributed by atoms with Crippen LogP contribution in [-0.4, -0.2) is 33.8 Å². The number of benzene rings is 3. The number of ketones is 1. The van der Waals surface area contributed by atoms with E-state index >= 15 is 0 Å². The first-order chi connectivity index (χ1) is 17.1. The van der Waals surface area contributed by atoms with Crippen molar-refractivity contribution >= 4 is 45.1 Å². The van der Waals surface area contributed by atoms with E-state index in [-0.39, 0.29) is 23.7 Å². The number of hydrogen-bond donors (Lipinski definition) is 1. The van der Waals surface area contributed by atoms with Crippen LogP contribution >= 0.6 is 11.6 Å². The summed E-state index contributed by atoms with van der Waals surface area (Å²) in [6.07, 6.45) is 2.89. The molecule has 0 unspecified atom stereocenters. The Morgan fingerprint density at radius 1 is 1.00 bits per heavy atom. The van der Waals surface area contributed by atoms with Gasteiger partial charge in [0.05, 0.1) is 10.6 Å². The Bertz CT molecular complexity index is 1390. The molecule has 188 valence electrons. The largest absolute Gasteiger partial charge is 0.297 e. The lowest BCUT2D eigenvalue weighted by Gasteiger charge is -2.23. The van der Waals surface area contributed by atoms with Gasteiger partial charge >= 0.3 is 0 Å². The molecule has 0 spiro atoms. The maximum Gasteiger partial charge on any atom is 0.267 e. The Hall–Kier alpha value is -3.46. The third-order valence-corrected chi connectivity index (χ3v) is 7.76. The van der Waals surface area contributed by atoms with E-state index in [1.165, 1.54) is 23.5 Å². The third kappa shape index (κ3) is 6.81. The summed E-state index contributed by atoms with van der Waals surface area (Å²) >= 11 is 6.13. The zero-order chi connectivity index (χ0) is 26.3. The summed E-state index contributed by atoms with van der Waals surface area (Å²) in [5.74, 6) is -0.776. The van der Waals surface area contributed by atoms with E-state index in [0.29, 0.717) is 27.4 Å². The molecular formula is C27H27ClN2O5S. The molecule has 3 aromatic rings. The molecule has 0 heterocycles. The second-order valence-corrected chi connectivity index (χ2v) is 10.5. The summed E-state index contributed by atoms with van der Waals surface area (Å²) in [5, 5.41) is 0.493. The van der Waals surface area contributed by atoms with Gasteiger partial charge in [-0.05, 0) is 60.4 Å². The van der Waals surface area contributed by atoms with Crippen molar-refractivity contribution in [2.75, 3.05) is 18.0 Å². The Balaban J connectivity index is 1.67. The van der Waals surface area contributed by atoms with E-state index in [2.05, 4.69) is 5.48 Å². The number of para-hydroxylation sites is 1. The maximum absolute atomic E-state index is 13.4. The minimum absolute atomic E-state index is 0.150. The number of amides is 1. The van der Waals surface area contributed by atoms with Crippen molar-refractivity contribution in [3.05, 3.63) is 100 Å². The fourth-order valence-corrected chi connectivity index (χ4v) is 5.22. The van der Waals surface area contributed by atoms with E-state index in [9.17, 15) is 18.0 Å². The fourth-order valence-electron chi connectivity index (χ4n) is 3.49. The number of halogens is 1. The number of carbonyl (C=O) groups excluding carboxylic acids is 2. The summed E-state index contributed by atoms with van der Waals surface area (Å²) in [4.78, 5) is 29.4. The smallest absolute Gasteiger partial charge is 0.267 e. The predicted octanol–water partition coefficient (Wildman–Crippen LogP) is 4.65. The average molecular weight is 527 g/mol. The number of nitrogens with one attached hydrogen (secondary N) is 1. The molecule has 36 heavy (non-hydrogen) atoms. The molecule has 1 N–H and O–H groups in total. The van der Waals surface area contributed by atoms with Crippen molar-refractivity contribution < 1.29 is 22.8 Å². The van der Waals surface area contributed by atoms with E-state index in [0.717, 1.165) is 5.56 Å². The molecule has 3 rings (SSSR count). The van der Waals surface area contributed by atoms with Crippen LogP contribution in [0.25, 0.3) is 6.08 Å². The standard InChI is InChI=1S/C27H27ClN2O5S/c1-19-16-26(20(2)15-24(19)28)36(33,34)30(3)25-12-8-7-11-22(25)13-14-27(32)29-35-18-23(31)17-21-9-5-4-6-10-21/h4-16H,17-18H2,1-3H3,(H,29,32)/b14-13+. The van der Waals surface area contributed by atoms with Crippen LogP contribution in [0, 0.1) is 13.8 Å². The average Bonchev–Trinajstić information content (AvgIpc) is 2.85. The Kier molecular flexibility index (Phi) is 9.03. The van der Waals surface area contributed by atoms with Gasteiger partial charge in [-0.1, -0.05) is 60.1 Å². The Morgan fingerprint density at radius 3 is 2.39 bits per heavy atom. The monoisotopic (exact) mass is 526 g/mol. The molecule has 0 aliphatic carbocycles. The lowest BCUT2D eigenvalue weighted by molar-refractivity contribution is -0.134. The summed E-state index contributed by atoms with van der Waals surface area (Å²) in [5.41, 5.74) is 5.13. The molecular weight excluding hydrogens is 500 g/mol. The van der Waals surface area contributed by atoms with E-state index in [4.69, 9.17) is 16.4 Å². The van der Waals surface area contributed by atoms with E-state index in [1.54, 1.807) is 50.2 Å². The first-order valence-corrected chi connectivity index (χ1v) is 12.9. The first kappa shape index (κ1) is 27.1.